The molecule has 94 valence electrons. The molecule has 1 aliphatic rings. The van der Waals surface area contributed by atoms with Crippen LogP contribution in [0, 0.1) is 5.92 Å². The zero-order valence-electron chi connectivity index (χ0n) is 10.9. The molecule has 0 bridgehead atoms. The number of aliphatic hydroxyl groups is 1. The molecule has 0 aromatic rings. The molecule has 1 fully saturated rings. The van der Waals surface area contributed by atoms with Gasteiger partial charge in [0.15, 0.2) is 0 Å². The number of hydrogen-bond acceptors (Lipinski definition) is 4. The standard InChI is InChI=1S/C12H23NO3/c1-8-6-9(10(14)7-13(8)5)11(15)16-12(2,3)4/h8-10,14H,6-7H2,1-5H3/t8-,9?,10?/m1/s1. The van der Waals surface area contributed by atoms with E-state index >= 15 is 0 Å². The Balaban J connectivity index is 2.62. The number of esters is 1. The first-order valence-electron chi connectivity index (χ1n) is 5.82. The lowest BCUT2D eigenvalue weighted by Crippen LogP contribution is -2.50. The minimum atomic E-state index is -0.615. The van der Waals surface area contributed by atoms with Crippen LogP contribution in [-0.4, -0.2) is 47.3 Å². The molecular formula is C12H23NO3. The summed E-state index contributed by atoms with van der Waals surface area (Å²) in [5.74, 6) is -0.662. The molecule has 0 saturated carbocycles. The highest BCUT2D eigenvalue weighted by atomic mass is 16.6. The Morgan fingerprint density at radius 2 is 2.00 bits per heavy atom. The second kappa shape index (κ2) is 4.72. The number of rotatable bonds is 1. The maximum Gasteiger partial charge on any atom is 0.312 e. The van der Waals surface area contributed by atoms with Gasteiger partial charge in [0.2, 0.25) is 0 Å². The Labute approximate surface area is 97.6 Å². The second-order valence-corrected chi connectivity index (χ2v) is 5.73. The van der Waals surface area contributed by atoms with Gasteiger partial charge in [-0.05, 0) is 41.2 Å². The number of carbonyl (C=O) groups is 1. The normalized spacial score (nSPS) is 32.5. The largest absolute Gasteiger partial charge is 0.460 e. The molecule has 0 aromatic carbocycles. The number of aliphatic hydroxyl groups excluding tert-OH is 1. The van der Waals surface area contributed by atoms with Gasteiger partial charge in [-0.25, -0.2) is 0 Å². The van der Waals surface area contributed by atoms with E-state index in [-0.39, 0.29) is 11.9 Å². The van der Waals surface area contributed by atoms with Gasteiger partial charge < -0.3 is 14.7 Å². The van der Waals surface area contributed by atoms with E-state index in [0.717, 1.165) is 0 Å². The van der Waals surface area contributed by atoms with E-state index < -0.39 is 11.7 Å². The van der Waals surface area contributed by atoms with Crippen LogP contribution in [0.5, 0.6) is 0 Å². The summed E-state index contributed by atoms with van der Waals surface area (Å²) in [5, 5.41) is 9.88. The van der Waals surface area contributed by atoms with Crippen LogP contribution in [0.2, 0.25) is 0 Å². The van der Waals surface area contributed by atoms with E-state index in [1.54, 1.807) is 0 Å². The zero-order chi connectivity index (χ0) is 12.5. The van der Waals surface area contributed by atoms with E-state index in [4.69, 9.17) is 4.74 Å². The molecule has 4 heteroatoms. The molecule has 1 saturated heterocycles. The van der Waals surface area contributed by atoms with Crippen LogP contribution in [-0.2, 0) is 9.53 Å². The number of likely N-dealkylation sites (N-methyl/N-ethyl adjacent to an activating group) is 1. The smallest absolute Gasteiger partial charge is 0.312 e. The number of carbonyl (C=O) groups excluding carboxylic acids is 1. The number of nitrogens with zero attached hydrogens (tertiary/aromatic N) is 1. The molecule has 0 amide bonds. The third-order valence-corrected chi connectivity index (χ3v) is 3.00. The van der Waals surface area contributed by atoms with Crippen LogP contribution in [0.15, 0.2) is 0 Å². The van der Waals surface area contributed by atoms with Crippen LogP contribution in [0.25, 0.3) is 0 Å². The molecule has 1 rings (SSSR count). The van der Waals surface area contributed by atoms with Crippen LogP contribution in [0.4, 0.5) is 0 Å². The third-order valence-electron chi connectivity index (χ3n) is 3.00. The summed E-state index contributed by atoms with van der Waals surface area (Å²) >= 11 is 0. The number of piperidine rings is 1. The topological polar surface area (TPSA) is 49.8 Å². The van der Waals surface area contributed by atoms with Crippen molar-refractivity contribution < 1.29 is 14.6 Å². The Morgan fingerprint density at radius 1 is 1.44 bits per heavy atom. The number of likely N-dealkylation sites (tertiary alicyclic amines) is 1. The van der Waals surface area contributed by atoms with Crippen LogP contribution < -0.4 is 0 Å². The molecule has 0 radical (unpaired) electrons. The van der Waals surface area contributed by atoms with Gasteiger partial charge in [-0.3, -0.25) is 4.79 Å². The Bertz CT molecular complexity index is 259. The maximum absolute atomic E-state index is 11.9. The van der Waals surface area contributed by atoms with E-state index in [0.29, 0.717) is 19.0 Å². The van der Waals surface area contributed by atoms with Crippen molar-refractivity contribution >= 4 is 5.97 Å². The molecular weight excluding hydrogens is 206 g/mol. The zero-order valence-corrected chi connectivity index (χ0v) is 10.9. The van der Waals surface area contributed by atoms with Crippen molar-refractivity contribution in [2.45, 2.75) is 51.9 Å². The quantitative estimate of drug-likeness (QED) is 0.682. The summed E-state index contributed by atoms with van der Waals surface area (Å²) in [7, 11) is 1.96. The lowest BCUT2D eigenvalue weighted by Gasteiger charge is -2.38. The van der Waals surface area contributed by atoms with Gasteiger partial charge in [0.25, 0.3) is 0 Å². The van der Waals surface area contributed by atoms with Gasteiger partial charge in [0.05, 0.1) is 12.0 Å². The maximum atomic E-state index is 11.9. The van der Waals surface area contributed by atoms with Crippen LogP contribution in [0.3, 0.4) is 0 Å². The predicted octanol–water partition coefficient (Wildman–Crippen LogP) is 1.03. The predicted molar refractivity (Wildman–Crippen MR) is 62.1 cm³/mol. The molecule has 1 aliphatic heterocycles. The Hall–Kier alpha value is -0.610. The van der Waals surface area contributed by atoms with Crippen molar-refractivity contribution in [3.63, 3.8) is 0 Å². The Kier molecular flexibility index (Phi) is 3.97. The van der Waals surface area contributed by atoms with E-state index in [2.05, 4.69) is 11.8 Å². The highest BCUT2D eigenvalue weighted by Gasteiger charge is 2.37. The van der Waals surface area contributed by atoms with Crippen molar-refractivity contribution in [3.05, 3.63) is 0 Å². The summed E-state index contributed by atoms with van der Waals surface area (Å²) in [4.78, 5) is 13.9. The fraction of sp³-hybridized carbons (Fsp3) is 0.917. The van der Waals surface area contributed by atoms with Crippen molar-refractivity contribution in [1.29, 1.82) is 0 Å². The average molecular weight is 229 g/mol. The van der Waals surface area contributed by atoms with Gasteiger partial charge in [-0.15, -0.1) is 0 Å². The number of hydrogen-bond donors (Lipinski definition) is 1. The molecule has 4 nitrogen and oxygen atoms in total. The summed E-state index contributed by atoms with van der Waals surface area (Å²) in [6.45, 7) is 8.12. The van der Waals surface area contributed by atoms with Gasteiger partial charge in [-0.2, -0.15) is 0 Å². The fourth-order valence-electron chi connectivity index (χ4n) is 1.94. The lowest BCUT2D eigenvalue weighted by atomic mass is 9.89. The van der Waals surface area contributed by atoms with Crippen molar-refractivity contribution in [2.75, 3.05) is 13.6 Å². The van der Waals surface area contributed by atoms with Crippen LogP contribution in [0.1, 0.15) is 34.1 Å². The second-order valence-electron chi connectivity index (χ2n) is 5.73. The third kappa shape index (κ3) is 3.46. The van der Waals surface area contributed by atoms with E-state index in [1.807, 2.05) is 27.8 Å². The van der Waals surface area contributed by atoms with E-state index in [1.165, 1.54) is 0 Å². The monoisotopic (exact) mass is 229 g/mol. The lowest BCUT2D eigenvalue weighted by molar-refractivity contribution is -0.167. The SMILES string of the molecule is C[C@@H]1CC(C(=O)OC(C)(C)C)C(O)CN1C. The fourth-order valence-corrected chi connectivity index (χ4v) is 1.94. The average Bonchev–Trinajstić information content (AvgIpc) is 2.08. The summed E-state index contributed by atoms with van der Waals surface area (Å²) in [5.41, 5.74) is -0.483. The highest BCUT2D eigenvalue weighted by molar-refractivity contribution is 5.73. The molecule has 0 spiro atoms. The van der Waals surface area contributed by atoms with Gasteiger partial charge >= 0.3 is 5.97 Å². The van der Waals surface area contributed by atoms with Crippen molar-refractivity contribution in [3.8, 4) is 0 Å². The molecule has 3 atom stereocenters. The van der Waals surface area contributed by atoms with Crippen molar-refractivity contribution in [1.82, 2.24) is 4.90 Å². The van der Waals surface area contributed by atoms with Crippen LogP contribution >= 0.6 is 0 Å². The summed E-state index contributed by atoms with van der Waals surface area (Å²) < 4.78 is 5.31. The van der Waals surface area contributed by atoms with Crippen molar-refractivity contribution in [2.24, 2.45) is 5.92 Å². The van der Waals surface area contributed by atoms with Gasteiger partial charge in [-0.1, -0.05) is 0 Å². The van der Waals surface area contributed by atoms with E-state index in [9.17, 15) is 9.90 Å². The first-order chi connectivity index (χ1) is 7.20. The molecule has 0 aliphatic carbocycles. The minimum Gasteiger partial charge on any atom is -0.460 e. The summed E-state index contributed by atoms with van der Waals surface area (Å²) in [6, 6.07) is 0.306. The first-order valence-corrected chi connectivity index (χ1v) is 5.82. The molecule has 1 heterocycles. The minimum absolute atomic E-state index is 0.278. The molecule has 2 unspecified atom stereocenters. The number of β-amino-alcohol motifs (C(OH)–C–C–N with tert-alkyl or cyclic N) is 1. The Morgan fingerprint density at radius 3 is 2.50 bits per heavy atom. The van der Waals surface area contributed by atoms with Gasteiger partial charge in [0.1, 0.15) is 5.60 Å². The van der Waals surface area contributed by atoms with Gasteiger partial charge in [0, 0.05) is 12.6 Å². The molecule has 16 heavy (non-hydrogen) atoms. The number of ether oxygens (including phenoxy) is 1. The summed E-state index contributed by atoms with van der Waals surface area (Å²) in [6.07, 6.45) is 0.0445. The molecule has 0 aromatic heterocycles. The first kappa shape index (κ1) is 13.5. The highest BCUT2D eigenvalue weighted by Crippen LogP contribution is 2.25. The molecule has 1 N–H and O–H groups in total.